The molecule has 0 aliphatic heterocycles. The van der Waals surface area contributed by atoms with Gasteiger partial charge in [-0.3, -0.25) is 0 Å². The number of hydrogen-bond acceptors (Lipinski definition) is 4. The molecule has 0 saturated carbocycles. The lowest BCUT2D eigenvalue weighted by Gasteiger charge is -2.07. The molecule has 0 aliphatic rings. The molecule has 4 nitrogen and oxygen atoms in total. The number of rotatable bonds is 6. The molecule has 0 heterocycles. The van der Waals surface area contributed by atoms with E-state index in [1.54, 1.807) is 32.2 Å². The molecule has 1 aromatic rings. The molecule has 18 heavy (non-hydrogen) atoms. The van der Waals surface area contributed by atoms with E-state index >= 15 is 0 Å². The van der Waals surface area contributed by atoms with Crippen molar-refractivity contribution in [2.24, 2.45) is 0 Å². The van der Waals surface area contributed by atoms with Crippen LogP contribution < -0.4 is 9.47 Å². The number of halogens is 1. The maximum absolute atomic E-state index is 11.0. The van der Waals surface area contributed by atoms with Crippen molar-refractivity contribution in [3.8, 4) is 11.5 Å². The highest BCUT2D eigenvalue weighted by atomic mass is 79.9. The van der Waals surface area contributed by atoms with Crippen LogP contribution in [0.3, 0.4) is 0 Å². The summed E-state index contributed by atoms with van der Waals surface area (Å²) in [5.74, 6) is 1.07. The quantitative estimate of drug-likeness (QED) is 0.598. The number of benzene rings is 1. The largest absolute Gasteiger partial charge is 0.497 e. The van der Waals surface area contributed by atoms with Gasteiger partial charge in [0.05, 0.1) is 18.2 Å². The Labute approximate surface area is 115 Å². The second-order valence-electron chi connectivity index (χ2n) is 3.26. The van der Waals surface area contributed by atoms with Crippen LogP contribution in [0, 0.1) is 0 Å². The second kappa shape index (κ2) is 7.76. The molecular weight excluding hydrogens is 300 g/mol. The third-order valence-electron chi connectivity index (χ3n) is 2.01. The van der Waals surface area contributed by atoms with Gasteiger partial charge in [-0.05, 0) is 47.1 Å². The van der Waals surface area contributed by atoms with Crippen LogP contribution in [0.2, 0.25) is 0 Å². The molecule has 1 aromatic carbocycles. The van der Waals surface area contributed by atoms with Gasteiger partial charge in [-0.25, -0.2) is 4.79 Å². The van der Waals surface area contributed by atoms with Gasteiger partial charge < -0.3 is 14.2 Å². The summed E-state index contributed by atoms with van der Waals surface area (Å²) in [6, 6.07) is 5.40. The van der Waals surface area contributed by atoms with E-state index in [0.717, 1.165) is 10.2 Å². The molecule has 0 saturated heterocycles. The fraction of sp³-hybridized carbons (Fsp3) is 0.308. The third kappa shape index (κ3) is 4.79. The van der Waals surface area contributed by atoms with E-state index in [0.29, 0.717) is 19.0 Å². The highest BCUT2D eigenvalue weighted by molar-refractivity contribution is 9.10. The summed E-state index contributed by atoms with van der Waals surface area (Å²) in [4.78, 5) is 11.0. The highest BCUT2D eigenvalue weighted by Gasteiger charge is 2.02. The van der Waals surface area contributed by atoms with E-state index < -0.39 is 0 Å². The van der Waals surface area contributed by atoms with E-state index in [4.69, 9.17) is 14.2 Å². The number of carbonyl (C=O) groups is 1. The Morgan fingerprint density at radius 2 is 2.22 bits per heavy atom. The zero-order valence-electron chi connectivity index (χ0n) is 10.3. The molecular formula is C13H15BrO4. The van der Waals surface area contributed by atoms with E-state index in [9.17, 15) is 4.79 Å². The summed E-state index contributed by atoms with van der Waals surface area (Å²) in [6.07, 6.45) is 2.95. The van der Waals surface area contributed by atoms with Gasteiger partial charge in [0.1, 0.15) is 18.1 Å². The fourth-order valence-electron chi connectivity index (χ4n) is 1.20. The molecule has 1 rings (SSSR count). The summed E-state index contributed by atoms with van der Waals surface area (Å²) < 4.78 is 16.1. The number of esters is 1. The van der Waals surface area contributed by atoms with Crippen LogP contribution in [0.15, 0.2) is 34.8 Å². The summed E-state index contributed by atoms with van der Waals surface area (Å²) in [5, 5.41) is 0. The van der Waals surface area contributed by atoms with Crippen molar-refractivity contribution in [3.05, 3.63) is 34.8 Å². The predicted molar refractivity (Wildman–Crippen MR) is 72.0 cm³/mol. The summed E-state index contributed by atoms with van der Waals surface area (Å²) >= 11 is 3.37. The Hall–Kier alpha value is -1.49. The fourth-order valence-corrected chi connectivity index (χ4v) is 1.67. The van der Waals surface area contributed by atoms with Crippen LogP contribution in [0.25, 0.3) is 0 Å². The molecule has 0 radical (unpaired) electrons. The lowest BCUT2D eigenvalue weighted by molar-refractivity contribution is -0.137. The first kappa shape index (κ1) is 14.6. The summed E-state index contributed by atoms with van der Waals surface area (Å²) in [5.41, 5.74) is 0. The SMILES string of the molecule is CCOC(=O)/C=C/COc1ccc(OC)cc1Br. The van der Waals surface area contributed by atoms with Gasteiger partial charge in [-0.2, -0.15) is 0 Å². The van der Waals surface area contributed by atoms with Gasteiger partial charge in [0.25, 0.3) is 0 Å². The van der Waals surface area contributed by atoms with E-state index in [1.165, 1.54) is 6.08 Å². The molecule has 0 atom stereocenters. The number of hydrogen-bond donors (Lipinski definition) is 0. The molecule has 0 spiro atoms. The zero-order valence-corrected chi connectivity index (χ0v) is 11.9. The maximum atomic E-state index is 11.0. The lowest BCUT2D eigenvalue weighted by Crippen LogP contribution is -2.01. The van der Waals surface area contributed by atoms with Crippen molar-refractivity contribution in [2.75, 3.05) is 20.3 Å². The minimum absolute atomic E-state index is 0.295. The zero-order chi connectivity index (χ0) is 13.4. The first-order valence-electron chi connectivity index (χ1n) is 5.47. The molecule has 0 N–H and O–H groups in total. The Kier molecular flexibility index (Phi) is 6.28. The van der Waals surface area contributed by atoms with Crippen molar-refractivity contribution >= 4 is 21.9 Å². The third-order valence-corrected chi connectivity index (χ3v) is 2.63. The first-order chi connectivity index (χ1) is 8.67. The average molecular weight is 315 g/mol. The number of carbonyl (C=O) groups excluding carboxylic acids is 1. The molecule has 0 aromatic heterocycles. The Bertz CT molecular complexity index is 429. The topological polar surface area (TPSA) is 44.8 Å². The smallest absolute Gasteiger partial charge is 0.330 e. The van der Waals surface area contributed by atoms with Crippen LogP contribution >= 0.6 is 15.9 Å². The van der Waals surface area contributed by atoms with Crippen LogP contribution in [0.1, 0.15) is 6.92 Å². The second-order valence-corrected chi connectivity index (χ2v) is 4.12. The Balaban J connectivity index is 2.46. The first-order valence-corrected chi connectivity index (χ1v) is 6.26. The lowest BCUT2D eigenvalue weighted by atomic mass is 10.3. The molecule has 0 bridgehead atoms. The molecule has 0 unspecified atom stereocenters. The van der Waals surface area contributed by atoms with Gasteiger partial charge in [0.2, 0.25) is 0 Å². The van der Waals surface area contributed by atoms with Crippen molar-refractivity contribution in [3.63, 3.8) is 0 Å². The van der Waals surface area contributed by atoms with Crippen LogP contribution in [-0.4, -0.2) is 26.3 Å². The number of ether oxygens (including phenoxy) is 3. The monoisotopic (exact) mass is 314 g/mol. The minimum atomic E-state index is -0.366. The van der Waals surface area contributed by atoms with Crippen molar-refractivity contribution in [1.82, 2.24) is 0 Å². The molecule has 0 aliphatic carbocycles. The van der Waals surface area contributed by atoms with Crippen LogP contribution in [0.4, 0.5) is 0 Å². The van der Waals surface area contributed by atoms with Gasteiger partial charge in [-0.1, -0.05) is 0 Å². The van der Waals surface area contributed by atoms with Crippen molar-refractivity contribution in [2.45, 2.75) is 6.92 Å². The molecule has 98 valence electrons. The number of methoxy groups -OCH3 is 1. The van der Waals surface area contributed by atoms with Gasteiger partial charge >= 0.3 is 5.97 Å². The van der Waals surface area contributed by atoms with E-state index in [2.05, 4.69) is 15.9 Å². The van der Waals surface area contributed by atoms with Gasteiger partial charge in [-0.15, -0.1) is 0 Å². The standard InChI is InChI=1S/C13H15BrO4/c1-3-17-13(15)5-4-8-18-12-7-6-10(16-2)9-11(12)14/h4-7,9H,3,8H2,1-2H3/b5-4+. The normalized spacial score (nSPS) is 10.4. The Morgan fingerprint density at radius 1 is 1.44 bits per heavy atom. The minimum Gasteiger partial charge on any atom is -0.497 e. The average Bonchev–Trinajstić information content (AvgIpc) is 2.36. The van der Waals surface area contributed by atoms with Crippen molar-refractivity contribution < 1.29 is 19.0 Å². The van der Waals surface area contributed by atoms with Crippen LogP contribution in [0.5, 0.6) is 11.5 Å². The maximum Gasteiger partial charge on any atom is 0.330 e. The van der Waals surface area contributed by atoms with E-state index in [1.807, 2.05) is 6.07 Å². The van der Waals surface area contributed by atoms with E-state index in [-0.39, 0.29) is 5.97 Å². The highest BCUT2D eigenvalue weighted by Crippen LogP contribution is 2.28. The molecule has 0 fully saturated rings. The summed E-state index contributed by atoms with van der Waals surface area (Å²) in [6.45, 7) is 2.43. The molecule has 5 heteroatoms. The van der Waals surface area contributed by atoms with Crippen molar-refractivity contribution in [1.29, 1.82) is 0 Å². The predicted octanol–water partition coefficient (Wildman–Crippen LogP) is 2.96. The van der Waals surface area contributed by atoms with Gasteiger partial charge in [0, 0.05) is 6.08 Å². The van der Waals surface area contributed by atoms with Crippen LogP contribution in [-0.2, 0) is 9.53 Å². The van der Waals surface area contributed by atoms with Gasteiger partial charge in [0.15, 0.2) is 0 Å². The Morgan fingerprint density at radius 3 is 2.83 bits per heavy atom. The summed E-state index contributed by atoms with van der Waals surface area (Å²) in [7, 11) is 1.60. The molecule has 0 amide bonds.